The van der Waals surface area contributed by atoms with Crippen molar-refractivity contribution >= 4 is 34.8 Å². The van der Waals surface area contributed by atoms with Gasteiger partial charge in [-0.25, -0.2) is 4.39 Å². The molecule has 5 nitrogen and oxygen atoms in total. The number of carbonyl (C=O) groups excluding carboxylic acids is 1. The Balaban J connectivity index is 2.27. The van der Waals surface area contributed by atoms with E-state index in [0.29, 0.717) is 5.02 Å². The number of hydrogen-bond acceptors (Lipinski definition) is 3. The maximum Gasteiger partial charge on any atom is 0.288 e. The predicted molar refractivity (Wildman–Crippen MR) is 85.4 cm³/mol. The van der Waals surface area contributed by atoms with E-state index in [-0.39, 0.29) is 5.02 Å². The zero-order valence-electron chi connectivity index (χ0n) is 11.8. The van der Waals surface area contributed by atoms with Crippen LogP contribution >= 0.6 is 23.2 Å². The molecule has 2 aromatic carbocycles. The minimum absolute atomic E-state index is 0.369. The minimum atomic E-state index is -0.934. The van der Waals surface area contributed by atoms with E-state index in [2.05, 4.69) is 5.32 Å². The highest BCUT2D eigenvalue weighted by Crippen LogP contribution is 2.28. The van der Waals surface area contributed by atoms with Gasteiger partial charge in [0.1, 0.15) is 10.8 Å². The van der Waals surface area contributed by atoms with Crippen LogP contribution in [0.1, 0.15) is 28.9 Å². The lowest BCUT2D eigenvalue weighted by atomic mass is 10.1. The monoisotopic (exact) mass is 356 g/mol. The third kappa shape index (κ3) is 3.97. The van der Waals surface area contributed by atoms with Crippen LogP contribution in [0.5, 0.6) is 0 Å². The Kier molecular flexibility index (Phi) is 5.18. The molecule has 0 aliphatic carbocycles. The van der Waals surface area contributed by atoms with Crippen LogP contribution in [0.15, 0.2) is 36.4 Å². The average molecular weight is 357 g/mol. The first kappa shape index (κ1) is 17.2. The highest BCUT2D eigenvalue weighted by atomic mass is 35.5. The molecule has 0 saturated heterocycles. The summed E-state index contributed by atoms with van der Waals surface area (Å²) >= 11 is 11.5. The standard InChI is InChI=1S/C15H11Cl2FN2O3/c1-8(9-3-2-4-10(16)5-9)19-15(21)11-6-14(20(22)23)12(17)7-13(11)18/h2-8H,1H3,(H,19,21)/t8-/m1/s1. The fourth-order valence-corrected chi connectivity index (χ4v) is 2.40. The first-order valence-electron chi connectivity index (χ1n) is 6.49. The summed E-state index contributed by atoms with van der Waals surface area (Å²) in [7, 11) is 0. The van der Waals surface area contributed by atoms with E-state index in [0.717, 1.165) is 17.7 Å². The molecule has 0 aromatic heterocycles. The highest BCUT2D eigenvalue weighted by Gasteiger charge is 2.22. The molecule has 1 atom stereocenters. The molecule has 0 spiro atoms. The van der Waals surface area contributed by atoms with Gasteiger partial charge in [0, 0.05) is 17.2 Å². The molecule has 0 radical (unpaired) electrons. The van der Waals surface area contributed by atoms with Crippen molar-refractivity contribution in [2.45, 2.75) is 13.0 Å². The number of rotatable bonds is 4. The SMILES string of the molecule is C[C@@H](NC(=O)c1cc([N+](=O)[O-])c(Cl)cc1F)c1cccc(Cl)c1. The second kappa shape index (κ2) is 6.93. The van der Waals surface area contributed by atoms with E-state index >= 15 is 0 Å². The van der Waals surface area contributed by atoms with Gasteiger partial charge in [0.25, 0.3) is 11.6 Å². The quantitative estimate of drug-likeness (QED) is 0.645. The van der Waals surface area contributed by atoms with Crippen molar-refractivity contribution in [1.82, 2.24) is 5.32 Å². The molecule has 2 rings (SSSR count). The largest absolute Gasteiger partial charge is 0.345 e. The van der Waals surface area contributed by atoms with Crippen LogP contribution in [0.25, 0.3) is 0 Å². The van der Waals surface area contributed by atoms with Crippen LogP contribution in [-0.4, -0.2) is 10.8 Å². The van der Waals surface area contributed by atoms with Crippen LogP contribution in [-0.2, 0) is 0 Å². The number of hydrogen-bond donors (Lipinski definition) is 1. The van der Waals surface area contributed by atoms with Crippen molar-refractivity contribution in [3.8, 4) is 0 Å². The highest BCUT2D eigenvalue weighted by molar-refractivity contribution is 6.32. The van der Waals surface area contributed by atoms with Crippen LogP contribution < -0.4 is 5.32 Å². The second-order valence-electron chi connectivity index (χ2n) is 4.79. The van der Waals surface area contributed by atoms with Gasteiger partial charge in [-0.15, -0.1) is 0 Å². The zero-order valence-corrected chi connectivity index (χ0v) is 13.4. The zero-order chi connectivity index (χ0) is 17.1. The summed E-state index contributed by atoms with van der Waals surface area (Å²) in [5.74, 6) is -1.72. The number of nitro benzene ring substituents is 1. The lowest BCUT2D eigenvalue weighted by Crippen LogP contribution is -2.27. The Labute approximate surface area is 141 Å². The lowest BCUT2D eigenvalue weighted by molar-refractivity contribution is -0.384. The van der Waals surface area contributed by atoms with Crippen molar-refractivity contribution < 1.29 is 14.1 Å². The molecule has 1 amide bonds. The summed E-state index contributed by atoms with van der Waals surface area (Å²) < 4.78 is 13.9. The second-order valence-corrected chi connectivity index (χ2v) is 5.63. The van der Waals surface area contributed by atoms with Gasteiger partial charge in [0.15, 0.2) is 0 Å². The van der Waals surface area contributed by atoms with Crippen LogP contribution in [0.3, 0.4) is 0 Å². The molecule has 0 unspecified atom stereocenters. The minimum Gasteiger partial charge on any atom is -0.345 e. The van der Waals surface area contributed by atoms with Gasteiger partial charge < -0.3 is 5.32 Å². The van der Waals surface area contributed by atoms with Gasteiger partial charge >= 0.3 is 0 Å². The third-order valence-corrected chi connectivity index (χ3v) is 3.71. The molecule has 0 fully saturated rings. The van der Waals surface area contributed by atoms with Gasteiger partial charge in [-0.1, -0.05) is 35.3 Å². The number of nitrogens with one attached hydrogen (secondary N) is 1. The first-order chi connectivity index (χ1) is 10.8. The van der Waals surface area contributed by atoms with Crippen molar-refractivity contribution in [3.63, 3.8) is 0 Å². The van der Waals surface area contributed by atoms with Crippen molar-refractivity contribution in [3.05, 3.63) is 73.5 Å². The number of halogens is 3. The van der Waals surface area contributed by atoms with Gasteiger partial charge in [0.05, 0.1) is 16.5 Å². The fourth-order valence-electron chi connectivity index (χ4n) is 1.99. The molecule has 23 heavy (non-hydrogen) atoms. The Morgan fingerprint density at radius 3 is 2.61 bits per heavy atom. The summed E-state index contributed by atoms with van der Waals surface area (Å²) in [6.45, 7) is 1.69. The third-order valence-electron chi connectivity index (χ3n) is 3.17. The summed E-state index contributed by atoms with van der Waals surface area (Å²) in [6, 6.07) is 7.91. The Morgan fingerprint density at radius 2 is 2.00 bits per heavy atom. The molecule has 0 saturated carbocycles. The number of amides is 1. The fraction of sp³-hybridized carbons (Fsp3) is 0.133. The molecule has 0 aliphatic heterocycles. The van der Waals surface area contributed by atoms with E-state index in [1.807, 2.05) is 0 Å². The van der Waals surface area contributed by atoms with E-state index in [1.165, 1.54) is 0 Å². The van der Waals surface area contributed by atoms with E-state index < -0.39 is 33.9 Å². The van der Waals surface area contributed by atoms with Crippen molar-refractivity contribution in [2.24, 2.45) is 0 Å². The van der Waals surface area contributed by atoms with Gasteiger partial charge in [0.2, 0.25) is 0 Å². The van der Waals surface area contributed by atoms with Crippen molar-refractivity contribution in [1.29, 1.82) is 0 Å². The Morgan fingerprint density at radius 1 is 1.30 bits per heavy atom. The maximum absolute atomic E-state index is 13.9. The molecule has 120 valence electrons. The van der Waals surface area contributed by atoms with E-state index in [9.17, 15) is 19.3 Å². The Hall–Kier alpha value is -2.18. The first-order valence-corrected chi connectivity index (χ1v) is 7.25. The average Bonchev–Trinajstić information content (AvgIpc) is 2.46. The number of benzene rings is 2. The normalized spacial score (nSPS) is 11.8. The molecular weight excluding hydrogens is 346 g/mol. The summed E-state index contributed by atoms with van der Waals surface area (Å²) in [6.07, 6.45) is 0. The summed E-state index contributed by atoms with van der Waals surface area (Å²) in [5, 5.41) is 13.5. The van der Waals surface area contributed by atoms with Crippen molar-refractivity contribution in [2.75, 3.05) is 0 Å². The van der Waals surface area contributed by atoms with E-state index in [1.54, 1.807) is 31.2 Å². The molecule has 0 bridgehead atoms. The molecule has 8 heteroatoms. The number of carbonyl (C=O) groups is 1. The van der Waals surface area contributed by atoms with Crippen LogP contribution in [0.4, 0.5) is 10.1 Å². The number of nitro groups is 1. The predicted octanol–water partition coefficient (Wildman–Crippen LogP) is 4.53. The smallest absolute Gasteiger partial charge is 0.288 e. The molecule has 0 heterocycles. The van der Waals surface area contributed by atoms with Crippen LogP contribution in [0, 0.1) is 15.9 Å². The summed E-state index contributed by atoms with van der Waals surface area (Å²) in [5.41, 5.74) is -0.265. The Bertz CT molecular complexity index is 783. The molecule has 1 N–H and O–H groups in total. The lowest BCUT2D eigenvalue weighted by Gasteiger charge is -2.15. The van der Waals surface area contributed by atoms with Gasteiger partial charge in [-0.05, 0) is 24.6 Å². The maximum atomic E-state index is 13.9. The van der Waals surface area contributed by atoms with Gasteiger partial charge in [-0.2, -0.15) is 0 Å². The van der Waals surface area contributed by atoms with Crippen LogP contribution in [0.2, 0.25) is 10.0 Å². The van der Waals surface area contributed by atoms with Gasteiger partial charge in [-0.3, -0.25) is 14.9 Å². The molecule has 2 aromatic rings. The van der Waals surface area contributed by atoms with E-state index in [4.69, 9.17) is 23.2 Å². The molecule has 0 aliphatic rings. The molecular formula is C15H11Cl2FN2O3. The number of nitrogens with zero attached hydrogens (tertiary/aromatic N) is 1. The summed E-state index contributed by atoms with van der Waals surface area (Å²) in [4.78, 5) is 22.2. The topological polar surface area (TPSA) is 72.2 Å².